The summed E-state index contributed by atoms with van der Waals surface area (Å²) in [7, 11) is 3.62. The van der Waals surface area contributed by atoms with Crippen molar-refractivity contribution in [2.24, 2.45) is 14.1 Å². The number of aromatic nitrogens is 2. The summed E-state index contributed by atoms with van der Waals surface area (Å²) in [6.45, 7) is 5.19. The Morgan fingerprint density at radius 1 is 1.22 bits per heavy atom. The second-order valence-electron chi connectivity index (χ2n) is 4.91. The number of hydrogen-bond donors (Lipinski definition) is 1. The lowest BCUT2D eigenvalue weighted by atomic mass is 10.1. The zero-order chi connectivity index (χ0) is 13.3. The average Bonchev–Trinajstić information content (AvgIpc) is 2.61. The summed E-state index contributed by atoms with van der Waals surface area (Å²) in [4.78, 5) is 11.8. The van der Waals surface area contributed by atoms with Crippen LogP contribution in [0.4, 0.5) is 0 Å². The smallest absolute Gasteiger partial charge is 0.310 e. The molecule has 1 aromatic carbocycles. The first kappa shape index (κ1) is 12.9. The van der Waals surface area contributed by atoms with Crippen LogP contribution in [-0.4, -0.2) is 15.2 Å². The maximum Gasteiger partial charge on any atom is 0.328 e. The molecule has 0 aliphatic heterocycles. The Kier molecular flexibility index (Phi) is 3.57. The number of benzene rings is 1. The van der Waals surface area contributed by atoms with Crippen LogP contribution in [0, 0.1) is 0 Å². The summed E-state index contributed by atoms with van der Waals surface area (Å²) in [6.07, 6.45) is 1.12. The predicted molar refractivity (Wildman–Crippen MR) is 74.8 cm³/mol. The Hall–Kier alpha value is -1.55. The fourth-order valence-electron chi connectivity index (χ4n) is 2.10. The van der Waals surface area contributed by atoms with Crippen molar-refractivity contribution in [2.75, 3.05) is 0 Å². The Morgan fingerprint density at radius 2 is 1.89 bits per heavy atom. The van der Waals surface area contributed by atoms with Gasteiger partial charge in [0.15, 0.2) is 0 Å². The average molecular weight is 247 g/mol. The monoisotopic (exact) mass is 247 g/mol. The zero-order valence-corrected chi connectivity index (χ0v) is 11.5. The highest BCUT2D eigenvalue weighted by atomic mass is 16.1. The fraction of sp³-hybridized carbons (Fsp3) is 0.500. The maximum atomic E-state index is 11.8. The number of rotatable bonds is 4. The largest absolute Gasteiger partial charge is 0.328 e. The molecule has 18 heavy (non-hydrogen) atoms. The molecule has 0 aliphatic rings. The van der Waals surface area contributed by atoms with E-state index in [1.807, 2.05) is 20.2 Å². The minimum Gasteiger partial charge on any atom is -0.310 e. The molecule has 0 saturated heterocycles. The van der Waals surface area contributed by atoms with Crippen molar-refractivity contribution < 1.29 is 0 Å². The lowest BCUT2D eigenvalue weighted by molar-refractivity contribution is 0.534. The van der Waals surface area contributed by atoms with Crippen molar-refractivity contribution >= 4 is 11.0 Å². The summed E-state index contributed by atoms with van der Waals surface area (Å²) >= 11 is 0. The Labute approximate surface area is 107 Å². The topological polar surface area (TPSA) is 39.0 Å². The van der Waals surface area contributed by atoms with Gasteiger partial charge in [-0.1, -0.05) is 13.0 Å². The normalized spacial score (nSPS) is 13.1. The van der Waals surface area contributed by atoms with Crippen LogP contribution in [0.3, 0.4) is 0 Å². The summed E-state index contributed by atoms with van der Waals surface area (Å²) in [5.74, 6) is 0. The highest BCUT2D eigenvalue weighted by Crippen LogP contribution is 2.14. The molecule has 4 nitrogen and oxygen atoms in total. The third-order valence-corrected chi connectivity index (χ3v) is 3.60. The van der Waals surface area contributed by atoms with Gasteiger partial charge in [0.1, 0.15) is 0 Å². The molecule has 0 bridgehead atoms. The zero-order valence-electron chi connectivity index (χ0n) is 11.5. The Morgan fingerprint density at radius 3 is 2.56 bits per heavy atom. The van der Waals surface area contributed by atoms with Crippen LogP contribution in [0.2, 0.25) is 0 Å². The first-order valence-electron chi connectivity index (χ1n) is 6.42. The van der Waals surface area contributed by atoms with Crippen LogP contribution in [0.1, 0.15) is 25.8 Å². The number of nitrogens with one attached hydrogen (secondary N) is 1. The molecule has 0 spiro atoms. The SMILES string of the molecule is CCC(C)NCc1ccc2c(c1)n(C)c(=O)n2C. The van der Waals surface area contributed by atoms with E-state index in [1.165, 1.54) is 5.56 Å². The number of hydrogen-bond acceptors (Lipinski definition) is 2. The highest BCUT2D eigenvalue weighted by Gasteiger charge is 2.08. The van der Waals surface area contributed by atoms with Gasteiger partial charge in [0, 0.05) is 26.7 Å². The van der Waals surface area contributed by atoms with Gasteiger partial charge in [-0.25, -0.2) is 4.79 Å². The van der Waals surface area contributed by atoms with Crippen molar-refractivity contribution in [1.29, 1.82) is 0 Å². The van der Waals surface area contributed by atoms with E-state index >= 15 is 0 Å². The molecule has 1 heterocycles. The quantitative estimate of drug-likeness (QED) is 0.894. The van der Waals surface area contributed by atoms with Gasteiger partial charge >= 0.3 is 5.69 Å². The Balaban J connectivity index is 2.33. The summed E-state index contributed by atoms with van der Waals surface area (Å²) in [6, 6.07) is 6.70. The van der Waals surface area contributed by atoms with Gasteiger partial charge in [0.25, 0.3) is 0 Å². The summed E-state index contributed by atoms with van der Waals surface area (Å²) in [5, 5.41) is 3.46. The van der Waals surface area contributed by atoms with Crippen LogP contribution in [-0.2, 0) is 20.6 Å². The molecule has 2 rings (SSSR count). The molecule has 0 amide bonds. The van der Waals surface area contributed by atoms with E-state index in [4.69, 9.17) is 0 Å². The molecule has 4 heteroatoms. The second kappa shape index (κ2) is 4.98. The highest BCUT2D eigenvalue weighted by molar-refractivity contribution is 5.76. The van der Waals surface area contributed by atoms with Gasteiger partial charge in [-0.15, -0.1) is 0 Å². The van der Waals surface area contributed by atoms with Crippen molar-refractivity contribution in [2.45, 2.75) is 32.9 Å². The fourth-order valence-corrected chi connectivity index (χ4v) is 2.10. The number of fused-ring (bicyclic) bond motifs is 1. The van der Waals surface area contributed by atoms with Gasteiger partial charge in [-0.05, 0) is 31.0 Å². The molecule has 1 atom stereocenters. The second-order valence-corrected chi connectivity index (χ2v) is 4.91. The van der Waals surface area contributed by atoms with Crippen LogP contribution >= 0.6 is 0 Å². The Bertz CT molecular complexity index is 609. The van der Waals surface area contributed by atoms with Crippen LogP contribution in [0.5, 0.6) is 0 Å². The third kappa shape index (κ3) is 2.20. The maximum absolute atomic E-state index is 11.8. The van der Waals surface area contributed by atoms with E-state index in [-0.39, 0.29) is 5.69 Å². The molecule has 0 saturated carbocycles. The van der Waals surface area contributed by atoms with Crippen LogP contribution in [0.25, 0.3) is 11.0 Å². The van der Waals surface area contributed by atoms with E-state index in [1.54, 1.807) is 9.13 Å². The molecule has 1 unspecified atom stereocenters. The molecule has 2 aromatic rings. The van der Waals surface area contributed by atoms with Crippen molar-refractivity contribution in [3.8, 4) is 0 Å². The number of imidazole rings is 1. The first-order valence-corrected chi connectivity index (χ1v) is 6.42. The van der Waals surface area contributed by atoms with E-state index in [2.05, 4.69) is 31.3 Å². The predicted octanol–water partition coefficient (Wildman–Crippen LogP) is 1.77. The lowest BCUT2D eigenvalue weighted by Gasteiger charge is -2.11. The van der Waals surface area contributed by atoms with Crippen molar-refractivity contribution in [3.05, 3.63) is 34.2 Å². The third-order valence-electron chi connectivity index (χ3n) is 3.60. The summed E-state index contributed by atoms with van der Waals surface area (Å²) in [5.41, 5.74) is 3.21. The summed E-state index contributed by atoms with van der Waals surface area (Å²) < 4.78 is 3.38. The van der Waals surface area contributed by atoms with E-state index in [9.17, 15) is 4.79 Å². The van der Waals surface area contributed by atoms with E-state index in [0.717, 1.165) is 24.0 Å². The number of aryl methyl sites for hydroxylation is 2. The van der Waals surface area contributed by atoms with Gasteiger partial charge in [-0.3, -0.25) is 9.13 Å². The molecule has 1 N–H and O–H groups in total. The minimum absolute atomic E-state index is 0.0250. The van der Waals surface area contributed by atoms with Gasteiger partial charge in [0.2, 0.25) is 0 Å². The molecular weight excluding hydrogens is 226 g/mol. The van der Waals surface area contributed by atoms with Gasteiger partial charge in [0.05, 0.1) is 11.0 Å². The molecule has 0 radical (unpaired) electrons. The van der Waals surface area contributed by atoms with Crippen LogP contribution in [0.15, 0.2) is 23.0 Å². The molecule has 0 fully saturated rings. The standard InChI is InChI=1S/C14H21N3O/c1-5-10(2)15-9-11-6-7-12-13(8-11)17(4)14(18)16(12)3/h6-8,10,15H,5,9H2,1-4H3. The van der Waals surface area contributed by atoms with E-state index in [0.29, 0.717) is 6.04 Å². The first-order chi connectivity index (χ1) is 8.54. The molecule has 1 aromatic heterocycles. The molecular formula is C14H21N3O. The number of nitrogens with zero attached hydrogens (tertiary/aromatic N) is 2. The minimum atomic E-state index is 0.0250. The van der Waals surface area contributed by atoms with Crippen molar-refractivity contribution in [1.82, 2.24) is 14.5 Å². The molecule has 98 valence electrons. The lowest BCUT2D eigenvalue weighted by Crippen LogP contribution is -2.24. The van der Waals surface area contributed by atoms with Gasteiger partial charge in [-0.2, -0.15) is 0 Å². The van der Waals surface area contributed by atoms with Crippen LogP contribution < -0.4 is 11.0 Å². The van der Waals surface area contributed by atoms with E-state index < -0.39 is 0 Å². The van der Waals surface area contributed by atoms with Crippen molar-refractivity contribution in [3.63, 3.8) is 0 Å². The van der Waals surface area contributed by atoms with Gasteiger partial charge < -0.3 is 5.32 Å². The molecule has 0 aliphatic carbocycles.